The van der Waals surface area contributed by atoms with Crippen LogP contribution in [0.4, 0.5) is 0 Å². The van der Waals surface area contributed by atoms with Gasteiger partial charge in [-0.1, -0.05) is 12.1 Å². The Labute approximate surface area is 103 Å². The second-order valence-corrected chi connectivity index (χ2v) is 4.07. The predicted molar refractivity (Wildman–Crippen MR) is 66.9 cm³/mol. The molecule has 0 saturated carbocycles. The molecule has 0 amide bonds. The van der Waals surface area contributed by atoms with Crippen LogP contribution in [0, 0.1) is 0 Å². The number of aromatic hydroxyl groups is 1. The van der Waals surface area contributed by atoms with Gasteiger partial charge in [0.15, 0.2) is 0 Å². The van der Waals surface area contributed by atoms with Crippen LogP contribution < -0.4 is 5.48 Å². The average molecular weight is 239 g/mol. The predicted octanol–water partition coefficient (Wildman–Crippen LogP) is 1.88. The van der Waals surface area contributed by atoms with Crippen molar-refractivity contribution < 1.29 is 14.7 Å². The number of methoxy groups -OCH3 is 1. The minimum atomic E-state index is 0.292. The summed E-state index contributed by atoms with van der Waals surface area (Å²) < 4.78 is 4.88. The van der Waals surface area contributed by atoms with Gasteiger partial charge in [-0.3, -0.25) is 4.84 Å². The van der Waals surface area contributed by atoms with E-state index in [0.29, 0.717) is 25.0 Å². The van der Waals surface area contributed by atoms with Gasteiger partial charge in [-0.05, 0) is 37.5 Å². The maximum atomic E-state index is 9.16. The molecule has 1 rings (SSSR count). The highest BCUT2D eigenvalue weighted by atomic mass is 16.7. The Morgan fingerprint density at radius 1 is 1.24 bits per heavy atom. The summed E-state index contributed by atoms with van der Waals surface area (Å²) in [5.74, 6) is 0.308. The van der Waals surface area contributed by atoms with Crippen LogP contribution >= 0.6 is 0 Å². The first-order chi connectivity index (χ1) is 8.22. The standard InChI is InChI=1S/C13H21NO3/c1-11(14-17-10-9-16-2)3-4-12-5-7-13(15)8-6-12/h5-8,11,14-15H,3-4,9-10H2,1-2H3. The Hall–Kier alpha value is -1.10. The zero-order valence-electron chi connectivity index (χ0n) is 10.5. The third-order valence-electron chi connectivity index (χ3n) is 2.48. The first-order valence-electron chi connectivity index (χ1n) is 5.86. The molecule has 4 nitrogen and oxygen atoms in total. The molecule has 1 unspecified atom stereocenters. The van der Waals surface area contributed by atoms with Gasteiger partial charge in [0.25, 0.3) is 0 Å². The molecule has 0 aliphatic heterocycles. The Kier molecular flexibility index (Phi) is 6.62. The van der Waals surface area contributed by atoms with E-state index in [1.807, 2.05) is 12.1 Å². The molecule has 17 heavy (non-hydrogen) atoms. The Morgan fingerprint density at radius 3 is 2.59 bits per heavy atom. The molecule has 1 aromatic rings. The average Bonchev–Trinajstić information content (AvgIpc) is 2.34. The molecule has 0 heterocycles. The monoisotopic (exact) mass is 239 g/mol. The van der Waals surface area contributed by atoms with E-state index in [0.717, 1.165) is 12.8 Å². The van der Waals surface area contributed by atoms with Gasteiger partial charge in [-0.15, -0.1) is 0 Å². The van der Waals surface area contributed by atoms with Crippen molar-refractivity contribution in [3.05, 3.63) is 29.8 Å². The fourth-order valence-electron chi connectivity index (χ4n) is 1.43. The van der Waals surface area contributed by atoms with Crippen molar-refractivity contribution in [1.29, 1.82) is 0 Å². The van der Waals surface area contributed by atoms with Crippen molar-refractivity contribution in [2.45, 2.75) is 25.8 Å². The van der Waals surface area contributed by atoms with E-state index >= 15 is 0 Å². The largest absolute Gasteiger partial charge is 0.508 e. The Balaban J connectivity index is 2.14. The fourth-order valence-corrected chi connectivity index (χ4v) is 1.43. The topological polar surface area (TPSA) is 50.7 Å². The van der Waals surface area contributed by atoms with Crippen molar-refractivity contribution >= 4 is 0 Å². The SMILES string of the molecule is COCCONC(C)CCc1ccc(O)cc1. The van der Waals surface area contributed by atoms with Crippen LogP contribution in [0.5, 0.6) is 5.75 Å². The minimum Gasteiger partial charge on any atom is -0.508 e. The van der Waals surface area contributed by atoms with E-state index in [2.05, 4.69) is 12.4 Å². The van der Waals surface area contributed by atoms with Crippen LogP contribution in [0.2, 0.25) is 0 Å². The molecular formula is C13H21NO3. The quantitative estimate of drug-likeness (QED) is 0.537. The van der Waals surface area contributed by atoms with Crippen molar-refractivity contribution in [2.24, 2.45) is 0 Å². The number of benzene rings is 1. The first kappa shape index (κ1) is 14.0. The smallest absolute Gasteiger partial charge is 0.115 e. The van der Waals surface area contributed by atoms with Crippen molar-refractivity contribution in [3.8, 4) is 5.75 Å². The lowest BCUT2D eigenvalue weighted by molar-refractivity contribution is -0.00997. The second kappa shape index (κ2) is 8.06. The van der Waals surface area contributed by atoms with E-state index < -0.39 is 0 Å². The molecule has 2 N–H and O–H groups in total. The van der Waals surface area contributed by atoms with Crippen LogP contribution in [0.15, 0.2) is 24.3 Å². The molecule has 0 bridgehead atoms. The Bertz CT molecular complexity index is 300. The summed E-state index contributed by atoms with van der Waals surface area (Å²) in [7, 11) is 1.65. The van der Waals surface area contributed by atoms with E-state index in [-0.39, 0.29) is 0 Å². The van der Waals surface area contributed by atoms with E-state index in [9.17, 15) is 0 Å². The lowest BCUT2D eigenvalue weighted by Gasteiger charge is -2.13. The molecule has 0 aromatic heterocycles. The molecule has 1 aromatic carbocycles. The van der Waals surface area contributed by atoms with Gasteiger partial charge in [-0.25, -0.2) is 0 Å². The minimum absolute atomic E-state index is 0.292. The van der Waals surface area contributed by atoms with Gasteiger partial charge in [0.1, 0.15) is 5.75 Å². The molecule has 0 spiro atoms. The normalized spacial score (nSPS) is 12.6. The van der Waals surface area contributed by atoms with Gasteiger partial charge in [-0.2, -0.15) is 5.48 Å². The molecule has 0 fully saturated rings. The summed E-state index contributed by atoms with van der Waals surface area (Å²) in [6.45, 7) is 3.23. The maximum absolute atomic E-state index is 9.16. The van der Waals surface area contributed by atoms with Crippen LogP contribution in [-0.2, 0) is 16.0 Å². The number of hydroxylamine groups is 1. The molecule has 0 saturated heterocycles. The Morgan fingerprint density at radius 2 is 1.94 bits per heavy atom. The van der Waals surface area contributed by atoms with Gasteiger partial charge < -0.3 is 9.84 Å². The summed E-state index contributed by atoms with van der Waals surface area (Å²) in [4.78, 5) is 5.23. The maximum Gasteiger partial charge on any atom is 0.115 e. The number of hydrogen-bond donors (Lipinski definition) is 2. The number of aryl methyl sites for hydroxylation is 1. The lowest BCUT2D eigenvalue weighted by Crippen LogP contribution is -2.28. The highest BCUT2D eigenvalue weighted by Crippen LogP contribution is 2.11. The fraction of sp³-hybridized carbons (Fsp3) is 0.538. The molecule has 96 valence electrons. The number of nitrogens with one attached hydrogen (secondary N) is 1. The van der Waals surface area contributed by atoms with Crippen LogP contribution in [0.25, 0.3) is 0 Å². The number of hydrogen-bond acceptors (Lipinski definition) is 4. The first-order valence-corrected chi connectivity index (χ1v) is 5.86. The number of phenolic OH excluding ortho intramolecular Hbond substituents is 1. The van der Waals surface area contributed by atoms with E-state index in [1.54, 1.807) is 19.2 Å². The summed E-state index contributed by atoms with van der Waals surface area (Å²) in [5, 5.41) is 9.16. The van der Waals surface area contributed by atoms with E-state index in [1.165, 1.54) is 5.56 Å². The summed E-state index contributed by atoms with van der Waals surface area (Å²) in [6, 6.07) is 7.59. The van der Waals surface area contributed by atoms with Crippen LogP contribution in [0.3, 0.4) is 0 Å². The number of phenols is 1. The molecule has 4 heteroatoms. The number of ether oxygens (including phenoxy) is 1. The van der Waals surface area contributed by atoms with Gasteiger partial charge in [0.05, 0.1) is 13.2 Å². The van der Waals surface area contributed by atoms with Gasteiger partial charge in [0, 0.05) is 13.2 Å². The highest BCUT2D eigenvalue weighted by molar-refractivity contribution is 5.25. The molecule has 0 radical (unpaired) electrons. The van der Waals surface area contributed by atoms with Crippen molar-refractivity contribution in [1.82, 2.24) is 5.48 Å². The third-order valence-corrected chi connectivity index (χ3v) is 2.48. The lowest BCUT2D eigenvalue weighted by atomic mass is 10.1. The van der Waals surface area contributed by atoms with E-state index in [4.69, 9.17) is 14.7 Å². The van der Waals surface area contributed by atoms with Crippen LogP contribution in [0.1, 0.15) is 18.9 Å². The zero-order chi connectivity index (χ0) is 12.5. The van der Waals surface area contributed by atoms with Gasteiger partial charge >= 0.3 is 0 Å². The summed E-state index contributed by atoms with van der Waals surface area (Å²) >= 11 is 0. The summed E-state index contributed by atoms with van der Waals surface area (Å²) in [6.07, 6.45) is 1.94. The zero-order valence-corrected chi connectivity index (χ0v) is 10.5. The third kappa shape index (κ3) is 6.26. The number of rotatable bonds is 8. The molecule has 0 aliphatic rings. The molecular weight excluding hydrogens is 218 g/mol. The van der Waals surface area contributed by atoms with Crippen molar-refractivity contribution in [3.63, 3.8) is 0 Å². The highest BCUT2D eigenvalue weighted by Gasteiger charge is 2.02. The molecule has 1 atom stereocenters. The van der Waals surface area contributed by atoms with Gasteiger partial charge in [0.2, 0.25) is 0 Å². The van der Waals surface area contributed by atoms with Crippen LogP contribution in [-0.4, -0.2) is 31.5 Å². The molecule has 0 aliphatic carbocycles. The summed E-state index contributed by atoms with van der Waals surface area (Å²) in [5.41, 5.74) is 4.19. The van der Waals surface area contributed by atoms with Crippen molar-refractivity contribution in [2.75, 3.05) is 20.3 Å². The second-order valence-electron chi connectivity index (χ2n) is 4.07.